The van der Waals surface area contributed by atoms with Gasteiger partial charge >= 0.3 is 5.97 Å². The van der Waals surface area contributed by atoms with E-state index in [2.05, 4.69) is 44.7 Å². The van der Waals surface area contributed by atoms with Gasteiger partial charge in [0.25, 0.3) is 5.78 Å². The number of piperidine rings is 1. The zero-order valence-corrected chi connectivity index (χ0v) is 20.1. The summed E-state index contributed by atoms with van der Waals surface area (Å²) in [6.07, 6.45) is 6.64. The monoisotopic (exact) mass is 505 g/mol. The lowest BCUT2D eigenvalue weighted by atomic mass is 9.97. The maximum absolute atomic E-state index is 11.2. The molecule has 4 aromatic heterocycles. The van der Waals surface area contributed by atoms with Gasteiger partial charge in [0.2, 0.25) is 17.7 Å². The molecule has 6 heterocycles. The Morgan fingerprint density at radius 2 is 1.95 bits per heavy atom. The lowest BCUT2D eigenvalue weighted by Gasteiger charge is -2.39. The van der Waals surface area contributed by atoms with Crippen molar-refractivity contribution in [2.45, 2.75) is 12.8 Å². The van der Waals surface area contributed by atoms with Crippen molar-refractivity contribution in [3.8, 4) is 11.6 Å². The predicted octanol–water partition coefficient (Wildman–Crippen LogP) is 0.888. The van der Waals surface area contributed by atoms with Gasteiger partial charge < -0.3 is 25.1 Å². The number of anilines is 3. The van der Waals surface area contributed by atoms with Gasteiger partial charge in [-0.1, -0.05) is 0 Å². The molecule has 3 N–H and O–H groups in total. The largest absolute Gasteiger partial charge is 0.476 e. The number of piperazine rings is 1. The summed E-state index contributed by atoms with van der Waals surface area (Å²) in [4.78, 5) is 39.8. The fraction of sp³-hybridized carbons (Fsp3) is 0.435. The summed E-state index contributed by atoms with van der Waals surface area (Å²) in [7, 11) is 0. The smallest absolute Gasteiger partial charge is 0.356 e. The maximum atomic E-state index is 11.2. The highest BCUT2D eigenvalue weighted by molar-refractivity contribution is 5.85. The molecule has 1 unspecified atom stereocenters. The van der Waals surface area contributed by atoms with E-state index < -0.39 is 5.97 Å². The van der Waals surface area contributed by atoms with Gasteiger partial charge in [-0.25, -0.2) is 9.78 Å². The van der Waals surface area contributed by atoms with Crippen molar-refractivity contribution in [3.63, 3.8) is 0 Å². The number of nitrogen functional groups attached to an aromatic ring is 1. The molecule has 0 spiro atoms. The van der Waals surface area contributed by atoms with Crippen LogP contribution in [0, 0.1) is 5.92 Å². The Hall–Kier alpha value is -4.33. The topological polar surface area (TPSA) is 168 Å². The molecule has 14 nitrogen and oxygen atoms in total. The van der Waals surface area contributed by atoms with Crippen molar-refractivity contribution in [2.75, 3.05) is 61.3 Å². The predicted molar refractivity (Wildman–Crippen MR) is 133 cm³/mol. The van der Waals surface area contributed by atoms with Crippen molar-refractivity contribution in [1.82, 2.24) is 39.4 Å². The number of aromatic carboxylic acids is 1. The number of carboxylic acid groups (broad SMARTS) is 1. The molecule has 37 heavy (non-hydrogen) atoms. The van der Waals surface area contributed by atoms with Crippen LogP contribution < -0.4 is 15.5 Å². The number of nitrogens with two attached hydrogens (primary N) is 1. The third-order valence-corrected chi connectivity index (χ3v) is 6.82. The normalized spacial score (nSPS) is 19.0. The fourth-order valence-electron chi connectivity index (χ4n) is 4.98. The Bertz CT molecular complexity index is 1400. The molecule has 6 rings (SSSR count). The van der Waals surface area contributed by atoms with Crippen molar-refractivity contribution in [1.29, 1.82) is 0 Å². The Balaban J connectivity index is 1.09. The molecule has 0 saturated carbocycles. The highest BCUT2D eigenvalue weighted by atomic mass is 16.4. The van der Waals surface area contributed by atoms with Crippen LogP contribution in [0.25, 0.3) is 17.4 Å². The van der Waals surface area contributed by atoms with Crippen LogP contribution in [-0.2, 0) is 0 Å². The minimum absolute atomic E-state index is 0.0356. The van der Waals surface area contributed by atoms with Crippen LogP contribution in [0.3, 0.4) is 0 Å². The van der Waals surface area contributed by atoms with Gasteiger partial charge in [0.15, 0.2) is 11.5 Å². The van der Waals surface area contributed by atoms with Crippen molar-refractivity contribution in [2.24, 2.45) is 5.92 Å². The number of nitrogens with zero attached hydrogens (tertiary/aromatic N) is 10. The molecule has 0 amide bonds. The first kappa shape index (κ1) is 23.1. The standard InChI is InChI=1S/C23H27N11O3/c24-21-28-22(29-23-27-19(30-34(21)23)17-4-2-10-37-17)33-5-1-3-15(14-33)13-31-6-8-32(9-7-31)18-12-25-11-16(26-18)20(35)36/h2,4,10-12,15H,1,3,5-9,13-14H2,(H,35,36)(H2,24,27,28,29,30). The zero-order valence-electron chi connectivity index (χ0n) is 20.1. The van der Waals surface area contributed by atoms with E-state index in [4.69, 9.17) is 10.2 Å². The first-order valence-electron chi connectivity index (χ1n) is 12.3. The number of rotatable bonds is 6. The summed E-state index contributed by atoms with van der Waals surface area (Å²) < 4.78 is 6.82. The van der Waals surface area contributed by atoms with Gasteiger partial charge in [0.1, 0.15) is 5.82 Å². The zero-order chi connectivity index (χ0) is 25.4. The van der Waals surface area contributed by atoms with Crippen LogP contribution in [0.2, 0.25) is 0 Å². The van der Waals surface area contributed by atoms with Crippen LogP contribution in [0.15, 0.2) is 35.2 Å². The maximum Gasteiger partial charge on any atom is 0.356 e. The number of furan rings is 1. The number of hydrogen-bond donors (Lipinski definition) is 2. The molecule has 192 valence electrons. The minimum Gasteiger partial charge on any atom is -0.476 e. The molecule has 2 aliphatic heterocycles. The third-order valence-electron chi connectivity index (χ3n) is 6.82. The number of aromatic nitrogens is 7. The summed E-state index contributed by atoms with van der Waals surface area (Å²) >= 11 is 0. The Labute approximate surface area is 211 Å². The van der Waals surface area contributed by atoms with E-state index in [0.29, 0.717) is 35.0 Å². The highest BCUT2D eigenvalue weighted by Crippen LogP contribution is 2.24. The van der Waals surface area contributed by atoms with Gasteiger partial charge in [-0.3, -0.25) is 9.88 Å². The SMILES string of the molecule is Nc1nc(N2CCCC(CN3CCN(c4cncc(C(=O)O)n4)CC3)C2)nc2nc(-c3ccco3)nn12. The molecular formula is C23H27N11O3. The van der Waals surface area contributed by atoms with E-state index in [1.807, 2.05) is 0 Å². The summed E-state index contributed by atoms with van der Waals surface area (Å²) in [6, 6.07) is 3.56. The number of fused-ring (bicyclic) bond motifs is 1. The minimum atomic E-state index is -1.07. The summed E-state index contributed by atoms with van der Waals surface area (Å²) in [5.41, 5.74) is 6.16. The van der Waals surface area contributed by atoms with Crippen LogP contribution in [0.1, 0.15) is 23.3 Å². The van der Waals surface area contributed by atoms with E-state index in [1.54, 1.807) is 24.6 Å². The third kappa shape index (κ3) is 4.74. The molecule has 0 aliphatic carbocycles. The summed E-state index contributed by atoms with van der Waals surface area (Å²) in [5.74, 6) is 2.16. The molecular weight excluding hydrogens is 478 g/mol. The average molecular weight is 506 g/mol. The van der Waals surface area contributed by atoms with E-state index >= 15 is 0 Å². The Kier molecular flexibility index (Phi) is 6.00. The van der Waals surface area contributed by atoms with Crippen molar-refractivity contribution in [3.05, 3.63) is 36.5 Å². The summed E-state index contributed by atoms with van der Waals surface area (Å²) in [6.45, 7) is 5.96. The quantitative estimate of drug-likeness (QED) is 0.379. The van der Waals surface area contributed by atoms with E-state index in [0.717, 1.165) is 58.7 Å². The van der Waals surface area contributed by atoms with E-state index in [-0.39, 0.29) is 11.6 Å². The number of carboxylic acids is 1. The second-order valence-electron chi connectivity index (χ2n) is 9.32. The van der Waals surface area contributed by atoms with Crippen LogP contribution in [0.4, 0.5) is 17.7 Å². The lowest BCUT2D eigenvalue weighted by Crippen LogP contribution is -2.50. The van der Waals surface area contributed by atoms with Gasteiger partial charge in [-0.2, -0.15) is 19.5 Å². The fourth-order valence-corrected chi connectivity index (χ4v) is 4.98. The van der Waals surface area contributed by atoms with E-state index in [1.165, 1.54) is 10.7 Å². The summed E-state index contributed by atoms with van der Waals surface area (Å²) in [5, 5.41) is 13.6. The van der Waals surface area contributed by atoms with Crippen LogP contribution >= 0.6 is 0 Å². The second-order valence-corrected chi connectivity index (χ2v) is 9.32. The number of carbonyl (C=O) groups is 1. The molecule has 1 atom stereocenters. The van der Waals surface area contributed by atoms with Gasteiger partial charge in [-0.05, 0) is 30.9 Å². The van der Waals surface area contributed by atoms with Gasteiger partial charge in [0, 0.05) is 45.8 Å². The molecule has 0 aromatic carbocycles. The van der Waals surface area contributed by atoms with Crippen LogP contribution in [0.5, 0.6) is 0 Å². The van der Waals surface area contributed by atoms with Gasteiger partial charge in [-0.15, -0.1) is 5.10 Å². The average Bonchev–Trinajstić information content (AvgIpc) is 3.60. The highest BCUT2D eigenvalue weighted by Gasteiger charge is 2.27. The Morgan fingerprint density at radius 1 is 1.08 bits per heavy atom. The van der Waals surface area contributed by atoms with E-state index in [9.17, 15) is 9.90 Å². The molecule has 2 aliphatic rings. The molecule has 0 bridgehead atoms. The lowest BCUT2D eigenvalue weighted by molar-refractivity contribution is 0.0690. The van der Waals surface area contributed by atoms with Gasteiger partial charge in [0.05, 0.1) is 18.7 Å². The molecule has 4 aromatic rings. The number of hydrogen-bond acceptors (Lipinski definition) is 12. The first-order chi connectivity index (χ1) is 18.0. The first-order valence-corrected chi connectivity index (χ1v) is 12.3. The molecule has 0 radical (unpaired) electrons. The van der Waals surface area contributed by atoms with Crippen molar-refractivity contribution >= 4 is 29.5 Å². The molecule has 2 fully saturated rings. The Morgan fingerprint density at radius 3 is 2.73 bits per heavy atom. The van der Waals surface area contributed by atoms with Crippen LogP contribution in [-0.4, -0.2) is 96.3 Å². The van der Waals surface area contributed by atoms with Crippen molar-refractivity contribution < 1.29 is 14.3 Å². The second kappa shape index (κ2) is 9.61. The molecule has 2 saturated heterocycles. The molecule has 14 heteroatoms.